The maximum Gasteiger partial charge on any atom is 0.522 e. The van der Waals surface area contributed by atoms with Crippen LogP contribution in [0.3, 0.4) is 0 Å². The van der Waals surface area contributed by atoms with E-state index < -0.39 is 21.8 Å². The van der Waals surface area contributed by atoms with Crippen LogP contribution in [0.25, 0.3) is 0 Å². The lowest BCUT2D eigenvalue weighted by Gasteiger charge is -2.32. The largest absolute Gasteiger partial charge is 0.522 e. The molecule has 0 unspecified atom stereocenters. The molecule has 0 saturated heterocycles. The first-order valence-corrected chi connectivity index (χ1v) is 10.0. The van der Waals surface area contributed by atoms with Crippen molar-refractivity contribution in [1.29, 1.82) is 0 Å². The Kier molecular flexibility index (Phi) is 10.6. The Labute approximate surface area is 139 Å². The highest BCUT2D eigenvalue weighted by molar-refractivity contribution is 6.60. The predicted octanol–water partition coefficient (Wildman–Crippen LogP) is 4.48. The Balaban J connectivity index is 4.93. The summed E-state index contributed by atoms with van der Waals surface area (Å²) in [6.45, 7) is 12.4. The molecule has 0 N–H and O–H groups in total. The fourth-order valence-electron chi connectivity index (χ4n) is 1.51. The zero-order valence-corrected chi connectivity index (χ0v) is 16.0. The molecule has 0 radical (unpaired) electrons. The summed E-state index contributed by atoms with van der Waals surface area (Å²) in [4.78, 5) is 0. The van der Waals surface area contributed by atoms with E-state index in [-0.39, 0.29) is 23.8 Å². The highest BCUT2D eigenvalue weighted by Crippen LogP contribution is 2.23. The van der Waals surface area contributed by atoms with Gasteiger partial charge in [-0.05, 0) is 17.8 Å². The highest BCUT2D eigenvalue weighted by atomic mass is 28.4. The molecule has 0 amide bonds. The third kappa shape index (κ3) is 12.9. The lowest BCUT2D eigenvalue weighted by molar-refractivity contribution is -0.323. The van der Waals surface area contributed by atoms with Gasteiger partial charge in [0, 0.05) is 25.9 Å². The Bertz CT molecular complexity index is 278. The number of halogens is 3. The second kappa shape index (κ2) is 10.7. The van der Waals surface area contributed by atoms with Crippen molar-refractivity contribution in [2.24, 2.45) is 17.8 Å². The molecule has 23 heavy (non-hydrogen) atoms. The summed E-state index contributed by atoms with van der Waals surface area (Å²) in [6, 6.07) is -0.0152. The summed E-state index contributed by atoms with van der Waals surface area (Å²) in [5.74, 6) is 0.696. The molecular weight excluding hydrogens is 329 g/mol. The summed E-state index contributed by atoms with van der Waals surface area (Å²) in [5.41, 5.74) is 0. The van der Waals surface area contributed by atoms with E-state index >= 15 is 0 Å². The molecule has 0 rings (SSSR count). The van der Waals surface area contributed by atoms with Crippen molar-refractivity contribution in [2.75, 3.05) is 26.4 Å². The van der Waals surface area contributed by atoms with E-state index in [0.717, 1.165) is 0 Å². The molecule has 0 aromatic rings. The quantitative estimate of drug-likeness (QED) is 0.481. The molecule has 0 aromatic heterocycles. The zero-order chi connectivity index (χ0) is 18.1. The van der Waals surface area contributed by atoms with Crippen molar-refractivity contribution in [3.8, 4) is 0 Å². The molecule has 0 bridgehead atoms. The van der Waals surface area contributed by atoms with E-state index in [2.05, 4.69) is 4.74 Å². The van der Waals surface area contributed by atoms with Crippen molar-refractivity contribution in [2.45, 2.75) is 53.9 Å². The molecule has 8 heteroatoms. The molecule has 0 spiro atoms. The van der Waals surface area contributed by atoms with Crippen LogP contribution in [0, 0.1) is 17.8 Å². The van der Waals surface area contributed by atoms with Gasteiger partial charge in [0.05, 0.1) is 6.61 Å². The molecule has 0 fully saturated rings. The molecule has 4 nitrogen and oxygen atoms in total. The van der Waals surface area contributed by atoms with E-state index in [1.165, 1.54) is 0 Å². The van der Waals surface area contributed by atoms with Gasteiger partial charge in [-0.1, -0.05) is 41.5 Å². The summed E-state index contributed by atoms with van der Waals surface area (Å²) in [7, 11) is -3.21. The van der Waals surface area contributed by atoms with E-state index in [0.29, 0.717) is 19.8 Å². The van der Waals surface area contributed by atoms with Gasteiger partial charge in [-0.3, -0.25) is 4.74 Å². The van der Waals surface area contributed by atoms with Crippen LogP contribution in [-0.2, 0) is 18.0 Å². The summed E-state index contributed by atoms with van der Waals surface area (Å²) in [5, 5.41) is 0. The number of alkyl halides is 3. The van der Waals surface area contributed by atoms with Gasteiger partial charge in [-0.2, -0.15) is 0 Å². The third-order valence-corrected chi connectivity index (χ3v) is 5.22. The summed E-state index contributed by atoms with van der Waals surface area (Å²) < 4.78 is 58.2. The van der Waals surface area contributed by atoms with Crippen molar-refractivity contribution in [3.05, 3.63) is 0 Å². The van der Waals surface area contributed by atoms with Crippen LogP contribution in [0.5, 0.6) is 0 Å². The Morgan fingerprint density at radius 3 is 1.35 bits per heavy atom. The summed E-state index contributed by atoms with van der Waals surface area (Å²) >= 11 is 0. The predicted molar refractivity (Wildman–Crippen MR) is 84.9 cm³/mol. The van der Waals surface area contributed by atoms with E-state index in [9.17, 15) is 13.2 Å². The Hall–Kier alpha value is -0.153. The van der Waals surface area contributed by atoms with Gasteiger partial charge in [0.15, 0.2) is 0 Å². The van der Waals surface area contributed by atoms with Crippen LogP contribution in [0.2, 0.25) is 6.04 Å². The summed E-state index contributed by atoms with van der Waals surface area (Å²) in [6.07, 6.45) is -4.66. The van der Waals surface area contributed by atoms with E-state index in [1.54, 1.807) is 0 Å². The van der Waals surface area contributed by atoms with Crippen LogP contribution in [0.1, 0.15) is 41.5 Å². The van der Waals surface area contributed by atoms with Gasteiger partial charge in [-0.15, -0.1) is 13.2 Å². The number of hydrogen-bond acceptors (Lipinski definition) is 4. The van der Waals surface area contributed by atoms with Crippen LogP contribution < -0.4 is 0 Å². The number of ether oxygens (including phenoxy) is 1. The molecule has 0 atom stereocenters. The van der Waals surface area contributed by atoms with Crippen molar-refractivity contribution < 1.29 is 31.2 Å². The lowest BCUT2D eigenvalue weighted by Crippen LogP contribution is -2.49. The smallest absolute Gasteiger partial charge is 0.373 e. The highest BCUT2D eigenvalue weighted by Gasteiger charge is 2.43. The molecule has 140 valence electrons. The van der Waals surface area contributed by atoms with Gasteiger partial charge in [0.2, 0.25) is 0 Å². The van der Waals surface area contributed by atoms with Gasteiger partial charge < -0.3 is 13.3 Å². The minimum atomic E-state index is -4.66. The third-order valence-electron chi connectivity index (χ3n) is 2.58. The molecule has 0 heterocycles. The average molecular weight is 360 g/mol. The zero-order valence-electron chi connectivity index (χ0n) is 15.0. The minimum Gasteiger partial charge on any atom is -0.373 e. The second-order valence-electron chi connectivity index (χ2n) is 6.84. The fraction of sp³-hybridized carbons (Fsp3) is 1.00. The maximum absolute atomic E-state index is 12.2. The van der Waals surface area contributed by atoms with Crippen molar-refractivity contribution in [3.63, 3.8) is 0 Å². The second-order valence-corrected chi connectivity index (χ2v) is 9.57. The van der Waals surface area contributed by atoms with Gasteiger partial charge in [0.25, 0.3) is 0 Å². The first-order valence-electron chi connectivity index (χ1n) is 8.08. The van der Waals surface area contributed by atoms with Gasteiger partial charge >= 0.3 is 15.2 Å². The molecule has 0 saturated carbocycles. The SMILES string of the molecule is CC(C)CO[Si](CCOC(F)(F)F)(OCC(C)C)OCC(C)C. The van der Waals surface area contributed by atoms with Crippen LogP contribution in [0.4, 0.5) is 13.2 Å². The van der Waals surface area contributed by atoms with Crippen LogP contribution in [0.15, 0.2) is 0 Å². The Morgan fingerprint density at radius 2 is 1.09 bits per heavy atom. The van der Waals surface area contributed by atoms with E-state index in [1.807, 2.05) is 41.5 Å². The lowest BCUT2D eigenvalue weighted by atomic mass is 10.2. The van der Waals surface area contributed by atoms with Crippen molar-refractivity contribution in [1.82, 2.24) is 0 Å². The minimum absolute atomic E-state index is 0.0152. The monoisotopic (exact) mass is 360 g/mol. The molecule has 0 aliphatic rings. The Morgan fingerprint density at radius 1 is 0.739 bits per heavy atom. The maximum atomic E-state index is 12.2. The normalized spacial score (nSPS) is 13.6. The van der Waals surface area contributed by atoms with Gasteiger partial charge in [-0.25, -0.2) is 0 Å². The average Bonchev–Trinajstić information content (AvgIpc) is 2.38. The first-order chi connectivity index (χ1) is 10.5. The fourth-order valence-corrected chi connectivity index (χ4v) is 4.31. The molecule has 0 aliphatic heterocycles. The van der Waals surface area contributed by atoms with Crippen molar-refractivity contribution >= 4 is 8.80 Å². The van der Waals surface area contributed by atoms with E-state index in [4.69, 9.17) is 13.3 Å². The van der Waals surface area contributed by atoms with Gasteiger partial charge in [0.1, 0.15) is 0 Å². The molecular formula is C15H31F3O4Si. The standard InChI is InChI=1S/C15H31F3O4Si/c1-12(2)9-20-23(21-10-13(3)4,22-11-14(5)6)8-7-19-15(16,17)18/h12-14H,7-11H2,1-6H3. The van der Waals surface area contributed by atoms with Crippen LogP contribution >= 0.6 is 0 Å². The topological polar surface area (TPSA) is 36.9 Å². The molecule has 0 aromatic carbocycles. The molecule has 0 aliphatic carbocycles. The first kappa shape index (κ1) is 22.8. The van der Waals surface area contributed by atoms with Crippen LogP contribution in [-0.4, -0.2) is 41.6 Å². The number of hydrogen-bond donors (Lipinski definition) is 0. The number of rotatable bonds is 12.